The molecule has 1 heterocycles. The number of hydrogen-bond acceptors (Lipinski definition) is 3. The molecule has 0 bridgehead atoms. The SMILES string of the molecule is COc1cccc(COc2cccnc2Br)c1. The van der Waals surface area contributed by atoms with Crippen LogP contribution in [0.3, 0.4) is 0 Å². The van der Waals surface area contributed by atoms with Gasteiger partial charge in [-0.3, -0.25) is 0 Å². The van der Waals surface area contributed by atoms with Crippen molar-refractivity contribution in [3.63, 3.8) is 0 Å². The Bertz CT molecular complexity index is 502. The van der Waals surface area contributed by atoms with Crippen molar-refractivity contribution < 1.29 is 9.47 Å². The van der Waals surface area contributed by atoms with Crippen LogP contribution in [-0.4, -0.2) is 12.1 Å². The molecule has 0 saturated heterocycles. The second-order valence-electron chi connectivity index (χ2n) is 3.43. The Labute approximate surface area is 109 Å². The van der Waals surface area contributed by atoms with E-state index in [1.54, 1.807) is 13.3 Å². The van der Waals surface area contributed by atoms with Gasteiger partial charge in [0.25, 0.3) is 0 Å². The highest BCUT2D eigenvalue weighted by molar-refractivity contribution is 9.10. The molecule has 4 heteroatoms. The monoisotopic (exact) mass is 293 g/mol. The standard InChI is InChI=1S/C13H12BrNO2/c1-16-11-5-2-4-10(8-11)9-17-12-6-3-7-15-13(12)14/h2-8H,9H2,1H3. The Morgan fingerprint density at radius 3 is 2.88 bits per heavy atom. The van der Waals surface area contributed by atoms with Gasteiger partial charge >= 0.3 is 0 Å². The third-order valence-electron chi connectivity index (χ3n) is 2.25. The average molecular weight is 294 g/mol. The summed E-state index contributed by atoms with van der Waals surface area (Å²) in [5.74, 6) is 1.56. The lowest BCUT2D eigenvalue weighted by Gasteiger charge is -2.08. The molecule has 0 aliphatic heterocycles. The molecule has 1 aromatic carbocycles. The summed E-state index contributed by atoms with van der Waals surface area (Å²) >= 11 is 3.34. The van der Waals surface area contributed by atoms with Crippen molar-refractivity contribution in [1.82, 2.24) is 4.98 Å². The van der Waals surface area contributed by atoms with E-state index in [4.69, 9.17) is 9.47 Å². The number of hydrogen-bond donors (Lipinski definition) is 0. The van der Waals surface area contributed by atoms with Gasteiger partial charge in [0, 0.05) is 6.20 Å². The first-order valence-electron chi connectivity index (χ1n) is 5.16. The highest BCUT2D eigenvalue weighted by atomic mass is 79.9. The fourth-order valence-corrected chi connectivity index (χ4v) is 1.77. The van der Waals surface area contributed by atoms with E-state index >= 15 is 0 Å². The Kier molecular flexibility index (Phi) is 3.98. The minimum absolute atomic E-state index is 0.488. The zero-order valence-corrected chi connectivity index (χ0v) is 11.0. The summed E-state index contributed by atoms with van der Waals surface area (Å²) in [6.45, 7) is 0.488. The largest absolute Gasteiger partial charge is 0.497 e. The van der Waals surface area contributed by atoms with Gasteiger partial charge in [-0.2, -0.15) is 0 Å². The molecule has 3 nitrogen and oxygen atoms in total. The number of methoxy groups -OCH3 is 1. The number of benzene rings is 1. The van der Waals surface area contributed by atoms with Crippen molar-refractivity contribution in [1.29, 1.82) is 0 Å². The van der Waals surface area contributed by atoms with Crippen LogP contribution in [0.2, 0.25) is 0 Å². The molecule has 0 amide bonds. The topological polar surface area (TPSA) is 31.4 Å². The molecule has 0 fully saturated rings. The maximum absolute atomic E-state index is 5.66. The quantitative estimate of drug-likeness (QED) is 0.810. The van der Waals surface area contributed by atoms with Crippen molar-refractivity contribution in [2.75, 3.05) is 7.11 Å². The predicted molar refractivity (Wildman–Crippen MR) is 69.3 cm³/mol. The first kappa shape index (κ1) is 11.9. The van der Waals surface area contributed by atoms with Gasteiger partial charge in [-0.25, -0.2) is 4.98 Å². The van der Waals surface area contributed by atoms with Crippen molar-refractivity contribution in [2.45, 2.75) is 6.61 Å². The first-order chi connectivity index (χ1) is 8.29. The lowest BCUT2D eigenvalue weighted by Crippen LogP contribution is -1.97. The molecule has 0 atom stereocenters. The number of halogens is 1. The van der Waals surface area contributed by atoms with Crippen LogP contribution in [0, 0.1) is 0 Å². The normalized spacial score (nSPS) is 10.0. The third kappa shape index (κ3) is 3.20. The molecule has 17 heavy (non-hydrogen) atoms. The van der Waals surface area contributed by atoms with Gasteiger partial charge in [-0.05, 0) is 45.8 Å². The van der Waals surface area contributed by atoms with E-state index in [1.807, 2.05) is 36.4 Å². The summed E-state index contributed by atoms with van der Waals surface area (Å²) < 4.78 is 11.5. The van der Waals surface area contributed by atoms with Crippen molar-refractivity contribution in [2.24, 2.45) is 0 Å². The molecule has 0 saturated carbocycles. The molecule has 0 N–H and O–H groups in total. The first-order valence-corrected chi connectivity index (χ1v) is 5.95. The zero-order chi connectivity index (χ0) is 12.1. The minimum Gasteiger partial charge on any atom is -0.497 e. The smallest absolute Gasteiger partial charge is 0.152 e. The summed E-state index contributed by atoms with van der Waals surface area (Å²) in [4.78, 5) is 4.09. The summed E-state index contributed by atoms with van der Waals surface area (Å²) in [5, 5.41) is 0. The summed E-state index contributed by atoms with van der Waals surface area (Å²) in [6.07, 6.45) is 1.71. The molecular formula is C13H12BrNO2. The van der Waals surface area contributed by atoms with E-state index in [2.05, 4.69) is 20.9 Å². The predicted octanol–water partition coefficient (Wildman–Crippen LogP) is 3.43. The van der Waals surface area contributed by atoms with Crippen LogP contribution in [0.25, 0.3) is 0 Å². The Morgan fingerprint density at radius 2 is 2.12 bits per heavy atom. The number of pyridine rings is 1. The maximum Gasteiger partial charge on any atom is 0.152 e. The van der Waals surface area contributed by atoms with Gasteiger partial charge in [0.05, 0.1) is 7.11 Å². The summed E-state index contributed by atoms with van der Waals surface area (Å²) in [7, 11) is 1.65. The van der Waals surface area contributed by atoms with Gasteiger partial charge in [0.15, 0.2) is 5.75 Å². The molecule has 0 aliphatic rings. The molecule has 1 aromatic heterocycles. The summed E-state index contributed by atoms with van der Waals surface area (Å²) in [6, 6.07) is 11.5. The third-order valence-corrected chi connectivity index (χ3v) is 2.85. The highest BCUT2D eigenvalue weighted by Gasteiger charge is 2.02. The van der Waals surface area contributed by atoms with Crippen LogP contribution in [0.4, 0.5) is 0 Å². The van der Waals surface area contributed by atoms with Crippen molar-refractivity contribution >= 4 is 15.9 Å². The fourth-order valence-electron chi connectivity index (χ4n) is 1.40. The number of ether oxygens (including phenoxy) is 2. The average Bonchev–Trinajstić information content (AvgIpc) is 2.38. The number of aromatic nitrogens is 1. The van der Waals surface area contributed by atoms with E-state index in [0.29, 0.717) is 11.2 Å². The van der Waals surface area contributed by atoms with E-state index in [0.717, 1.165) is 17.1 Å². The van der Waals surface area contributed by atoms with Gasteiger partial charge in [-0.15, -0.1) is 0 Å². The van der Waals surface area contributed by atoms with E-state index in [9.17, 15) is 0 Å². The van der Waals surface area contributed by atoms with Crippen LogP contribution in [-0.2, 0) is 6.61 Å². The van der Waals surface area contributed by atoms with Crippen molar-refractivity contribution in [3.05, 3.63) is 52.8 Å². The van der Waals surface area contributed by atoms with Crippen molar-refractivity contribution in [3.8, 4) is 11.5 Å². The molecule has 0 spiro atoms. The van der Waals surface area contributed by atoms with Crippen LogP contribution in [0.5, 0.6) is 11.5 Å². The second kappa shape index (κ2) is 5.68. The Morgan fingerprint density at radius 1 is 1.24 bits per heavy atom. The van der Waals surface area contributed by atoms with Crippen LogP contribution in [0.15, 0.2) is 47.2 Å². The Balaban J connectivity index is 2.05. The molecule has 0 unspecified atom stereocenters. The number of rotatable bonds is 4. The molecule has 0 aliphatic carbocycles. The van der Waals surface area contributed by atoms with Crippen LogP contribution < -0.4 is 9.47 Å². The molecule has 2 aromatic rings. The lowest BCUT2D eigenvalue weighted by molar-refractivity contribution is 0.301. The number of nitrogens with zero attached hydrogens (tertiary/aromatic N) is 1. The fraction of sp³-hybridized carbons (Fsp3) is 0.154. The minimum atomic E-state index is 0.488. The molecular weight excluding hydrogens is 282 g/mol. The van der Waals surface area contributed by atoms with Crippen LogP contribution in [0.1, 0.15) is 5.56 Å². The van der Waals surface area contributed by atoms with Gasteiger partial charge < -0.3 is 9.47 Å². The maximum atomic E-state index is 5.66. The lowest BCUT2D eigenvalue weighted by atomic mass is 10.2. The Hall–Kier alpha value is -1.55. The molecule has 0 radical (unpaired) electrons. The molecule has 88 valence electrons. The summed E-state index contributed by atoms with van der Waals surface area (Å²) in [5.41, 5.74) is 1.06. The van der Waals surface area contributed by atoms with Gasteiger partial charge in [0.1, 0.15) is 17.0 Å². The van der Waals surface area contributed by atoms with E-state index in [-0.39, 0.29) is 0 Å². The highest BCUT2D eigenvalue weighted by Crippen LogP contribution is 2.22. The van der Waals surface area contributed by atoms with Gasteiger partial charge in [0.2, 0.25) is 0 Å². The van der Waals surface area contributed by atoms with E-state index < -0.39 is 0 Å². The zero-order valence-electron chi connectivity index (χ0n) is 9.39. The molecule has 2 rings (SSSR count). The van der Waals surface area contributed by atoms with Crippen LogP contribution >= 0.6 is 15.9 Å². The second-order valence-corrected chi connectivity index (χ2v) is 4.18. The van der Waals surface area contributed by atoms with Gasteiger partial charge in [-0.1, -0.05) is 12.1 Å². The van der Waals surface area contributed by atoms with E-state index in [1.165, 1.54) is 0 Å².